The molecule has 0 aromatic heterocycles. The summed E-state index contributed by atoms with van der Waals surface area (Å²) in [5, 5.41) is 19.3. The van der Waals surface area contributed by atoms with Gasteiger partial charge in [0.2, 0.25) is 0 Å². The first-order valence-electron chi connectivity index (χ1n) is 6.03. The van der Waals surface area contributed by atoms with Crippen molar-refractivity contribution in [1.29, 1.82) is 5.26 Å². The molecule has 100 valence electrons. The van der Waals surface area contributed by atoms with E-state index >= 15 is 0 Å². The highest BCUT2D eigenvalue weighted by atomic mass is 19.1. The summed E-state index contributed by atoms with van der Waals surface area (Å²) in [5.41, 5.74) is -0.734. The molecule has 1 aromatic carbocycles. The highest BCUT2D eigenvalue weighted by Crippen LogP contribution is 2.43. The van der Waals surface area contributed by atoms with Gasteiger partial charge in [-0.3, -0.25) is 0 Å². The van der Waals surface area contributed by atoms with Crippen molar-refractivity contribution >= 4 is 5.57 Å². The third-order valence-electron chi connectivity index (χ3n) is 3.02. The summed E-state index contributed by atoms with van der Waals surface area (Å²) in [6.45, 7) is 6.90. The van der Waals surface area contributed by atoms with Gasteiger partial charge in [-0.15, -0.1) is 0 Å². The average Bonchev–Trinajstić information content (AvgIpc) is 2.25. The van der Waals surface area contributed by atoms with E-state index < -0.39 is 17.0 Å². The van der Waals surface area contributed by atoms with Gasteiger partial charge in [0, 0.05) is 5.56 Å². The number of aliphatic hydroxyl groups is 1. The quantitative estimate of drug-likeness (QED) is 0.845. The Morgan fingerprint density at radius 2 is 2.00 bits per heavy atom. The molecule has 0 fully saturated rings. The zero-order chi connectivity index (χ0) is 14.4. The molecule has 2 rings (SSSR count). The molecule has 0 atom stereocenters. The van der Waals surface area contributed by atoms with E-state index in [2.05, 4.69) is 0 Å². The number of hydrogen-bond donors (Lipinski definition) is 1. The van der Waals surface area contributed by atoms with Gasteiger partial charge in [0.25, 0.3) is 0 Å². The SMILES string of the molecule is CC1(C)C=C(C(C)(C)O)c2ccc(F)c(C#N)c2O1. The summed E-state index contributed by atoms with van der Waals surface area (Å²) in [7, 11) is 0. The third-order valence-corrected chi connectivity index (χ3v) is 3.02. The Morgan fingerprint density at radius 3 is 2.53 bits per heavy atom. The molecule has 0 saturated heterocycles. The number of ether oxygens (including phenoxy) is 1. The minimum atomic E-state index is -1.10. The average molecular weight is 261 g/mol. The predicted molar refractivity (Wildman–Crippen MR) is 70.1 cm³/mol. The first-order chi connectivity index (χ1) is 8.65. The van der Waals surface area contributed by atoms with Gasteiger partial charge in [0.15, 0.2) is 0 Å². The summed E-state index contributed by atoms with van der Waals surface area (Å²) in [4.78, 5) is 0. The molecule has 1 N–H and O–H groups in total. The fourth-order valence-electron chi connectivity index (χ4n) is 2.20. The van der Waals surface area contributed by atoms with Gasteiger partial charge in [0.05, 0.1) is 5.60 Å². The van der Waals surface area contributed by atoms with Crippen molar-refractivity contribution in [1.82, 2.24) is 0 Å². The number of nitrogens with zero attached hydrogens (tertiary/aromatic N) is 1. The van der Waals surface area contributed by atoms with Crippen LogP contribution in [0.5, 0.6) is 5.75 Å². The highest BCUT2D eigenvalue weighted by Gasteiger charge is 2.35. The normalized spacial score (nSPS) is 17.0. The van der Waals surface area contributed by atoms with E-state index in [9.17, 15) is 9.50 Å². The van der Waals surface area contributed by atoms with Gasteiger partial charge in [-0.1, -0.05) is 0 Å². The van der Waals surface area contributed by atoms with E-state index in [0.717, 1.165) is 0 Å². The van der Waals surface area contributed by atoms with Crippen molar-refractivity contribution < 1.29 is 14.2 Å². The smallest absolute Gasteiger partial charge is 0.148 e. The first kappa shape index (κ1) is 13.6. The Balaban J connectivity index is 2.77. The lowest BCUT2D eigenvalue weighted by Gasteiger charge is -2.35. The molecular formula is C15H16FNO2. The lowest BCUT2D eigenvalue weighted by Crippen LogP contribution is -2.34. The van der Waals surface area contributed by atoms with Crippen LogP contribution in [0.25, 0.3) is 5.57 Å². The Bertz CT molecular complexity index is 604. The second-order valence-corrected chi connectivity index (χ2v) is 5.73. The summed E-state index contributed by atoms with van der Waals surface area (Å²) >= 11 is 0. The number of hydrogen-bond acceptors (Lipinski definition) is 3. The van der Waals surface area contributed by atoms with E-state index in [-0.39, 0.29) is 11.3 Å². The van der Waals surface area contributed by atoms with E-state index in [1.54, 1.807) is 33.8 Å². The third kappa shape index (κ3) is 2.34. The molecule has 0 amide bonds. The number of nitriles is 1. The maximum absolute atomic E-state index is 13.7. The van der Waals surface area contributed by atoms with Crippen LogP contribution in [0.4, 0.5) is 4.39 Å². The molecule has 3 nitrogen and oxygen atoms in total. The van der Waals surface area contributed by atoms with Gasteiger partial charge in [-0.05, 0) is 51.5 Å². The zero-order valence-electron chi connectivity index (χ0n) is 11.4. The Hall–Kier alpha value is -1.86. The molecule has 0 bridgehead atoms. The molecule has 0 aliphatic carbocycles. The second kappa shape index (κ2) is 4.07. The maximum Gasteiger partial charge on any atom is 0.148 e. The summed E-state index contributed by atoms with van der Waals surface area (Å²) in [5.74, 6) is -0.416. The van der Waals surface area contributed by atoms with Crippen molar-refractivity contribution in [2.75, 3.05) is 0 Å². The van der Waals surface area contributed by atoms with E-state index in [1.165, 1.54) is 12.1 Å². The van der Waals surface area contributed by atoms with Crippen LogP contribution in [-0.2, 0) is 0 Å². The topological polar surface area (TPSA) is 53.2 Å². The first-order valence-corrected chi connectivity index (χ1v) is 6.03. The van der Waals surface area contributed by atoms with Crippen molar-refractivity contribution in [3.8, 4) is 11.8 Å². The number of benzene rings is 1. The Labute approximate surface area is 111 Å². The van der Waals surface area contributed by atoms with Crippen molar-refractivity contribution in [2.24, 2.45) is 0 Å². The van der Waals surface area contributed by atoms with Crippen molar-refractivity contribution in [3.63, 3.8) is 0 Å². The molecule has 0 spiro atoms. The standard InChI is InChI=1S/C15H16FNO2/c1-14(2)7-11(15(3,4)18)9-5-6-12(16)10(8-17)13(9)19-14/h5-7,18H,1-4H3. The minimum Gasteiger partial charge on any atom is -0.482 e. The van der Waals surface area contributed by atoms with Crippen LogP contribution < -0.4 is 4.74 Å². The Kier molecular flexibility index (Phi) is 2.91. The highest BCUT2D eigenvalue weighted by molar-refractivity contribution is 5.79. The fourth-order valence-corrected chi connectivity index (χ4v) is 2.20. The van der Waals surface area contributed by atoms with E-state index in [4.69, 9.17) is 10.00 Å². The molecule has 19 heavy (non-hydrogen) atoms. The van der Waals surface area contributed by atoms with Crippen LogP contribution in [0.2, 0.25) is 0 Å². The summed E-state index contributed by atoms with van der Waals surface area (Å²) in [6.07, 6.45) is 1.80. The van der Waals surface area contributed by atoms with Gasteiger partial charge in [-0.25, -0.2) is 4.39 Å². The summed E-state index contributed by atoms with van der Waals surface area (Å²) in [6, 6.07) is 4.58. The number of fused-ring (bicyclic) bond motifs is 1. The van der Waals surface area contributed by atoms with Gasteiger partial charge < -0.3 is 9.84 Å². The minimum absolute atomic E-state index is 0.125. The molecule has 1 aromatic rings. The molecule has 0 unspecified atom stereocenters. The fraction of sp³-hybridized carbons (Fsp3) is 0.400. The largest absolute Gasteiger partial charge is 0.482 e. The van der Waals surface area contributed by atoms with Crippen LogP contribution in [-0.4, -0.2) is 16.3 Å². The van der Waals surface area contributed by atoms with Crippen LogP contribution >= 0.6 is 0 Å². The lowest BCUT2D eigenvalue weighted by molar-refractivity contribution is 0.125. The van der Waals surface area contributed by atoms with Gasteiger partial charge in [-0.2, -0.15) is 5.26 Å². The van der Waals surface area contributed by atoms with Crippen LogP contribution in [0.3, 0.4) is 0 Å². The second-order valence-electron chi connectivity index (χ2n) is 5.73. The number of halogens is 1. The summed E-state index contributed by atoms with van der Waals surface area (Å²) < 4.78 is 19.4. The molecule has 1 aliphatic heterocycles. The molecule has 1 aliphatic rings. The van der Waals surface area contributed by atoms with Gasteiger partial charge >= 0.3 is 0 Å². The molecule has 4 heteroatoms. The molecular weight excluding hydrogens is 245 g/mol. The van der Waals surface area contributed by atoms with Crippen LogP contribution in [0, 0.1) is 17.1 Å². The van der Waals surface area contributed by atoms with Gasteiger partial charge in [0.1, 0.15) is 28.8 Å². The van der Waals surface area contributed by atoms with Crippen molar-refractivity contribution in [3.05, 3.63) is 35.2 Å². The predicted octanol–water partition coefficient (Wildman–Crippen LogP) is 3.02. The van der Waals surface area contributed by atoms with Crippen LogP contribution in [0.1, 0.15) is 38.8 Å². The maximum atomic E-state index is 13.7. The van der Waals surface area contributed by atoms with E-state index in [0.29, 0.717) is 11.1 Å². The van der Waals surface area contributed by atoms with Crippen LogP contribution in [0.15, 0.2) is 18.2 Å². The Morgan fingerprint density at radius 1 is 1.37 bits per heavy atom. The lowest BCUT2D eigenvalue weighted by atomic mass is 9.84. The zero-order valence-corrected chi connectivity index (χ0v) is 11.4. The van der Waals surface area contributed by atoms with Crippen molar-refractivity contribution in [2.45, 2.75) is 38.9 Å². The van der Waals surface area contributed by atoms with E-state index in [1.807, 2.05) is 6.07 Å². The monoisotopic (exact) mass is 261 g/mol. The molecule has 0 saturated carbocycles. The molecule has 1 heterocycles. The number of rotatable bonds is 1. The molecule has 0 radical (unpaired) electrons.